The maximum atomic E-state index is 12.6. The zero-order valence-electron chi connectivity index (χ0n) is 13.7. The smallest absolute Gasteiger partial charge is 0.357 e. The van der Waals surface area contributed by atoms with Crippen LogP contribution in [0.15, 0.2) is 35.4 Å². The predicted octanol–water partition coefficient (Wildman–Crippen LogP) is 1.30. The number of fused-ring (bicyclic) bond motifs is 1. The van der Waals surface area contributed by atoms with Crippen LogP contribution in [0.25, 0.3) is 10.8 Å². The number of benzene rings is 1. The number of carbonyl (C=O) groups is 1. The first-order valence-corrected chi connectivity index (χ1v) is 9.16. The largest absolute Gasteiger partial charge is 0.464 e. The average molecular weight is 351 g/mol. The fourth-order valence-corrected chi connectivity index (χ4v) is 3.58. The number of hydrogen-bond donors (Lipinski definition) is 2. The van der Waals surface area contributed by atoms with Crippen molar-refractivity contribution >= 4 is 26.8 Å². The summed E-state index contributed by atoms with van der Waals surface area (Å²) in [5.74, 6) is -0.605. The van der Waals surface area contributed by atoms with Crippen molar-refractivity contribution in [2.45, 2.75) is 18.2 Å². The van der Waals surface area contributed by atoms with Gasteiger partial charge in [-0.3, -0.25) is 0 Å². The van der Waals surface area contributed by atoms with E-state index in [9.17, 15) is 13.2 Å². The van der Waals surface area contributed by atoms with Gasteiger partial charge < -0.3 is 10.1 Å². The highest BCUT2D eigenvalue weighted by molar-refractivity contribution is 7.89. The molecule has 1 heterocycles. The van der Waals surface area contributed by atoms with Gasteiger partial charge in [0.1, 0.15) is 0 Å². The molecule has 0 aliphatic rings. The monoisotopic (exact) mass is 351 g/mol. The van der Waals surface area contributed by atoms with Gasteiger partial charge in [-0.15, -0.1) is 0 Å². The molecule has 7 nitrogen and oxygen atoms in total. The Labute approximate surface area is 141 Å². The molecule has 0 radical (unpaired) electrons. The second-order valence-electron chi connectivity index (χ2n) is 5.15. The van der Waals surface area contributed by atoms with E-state index in [-0.39, 0.29) is 17.1 Å². The molecule has 0 bridgehead atoms. The molecule has 2 N–H and O–H groups in total. The maximum Gasteiger partial charge on any atom is 0.357 e. The molecular weight excluding hydrogens is 330 g/mol. The number of methoxy groups -OCH3 is 1. The lowest BCUT2D eigenvalue weighted by molar-refractivity contribution is 0.0596. The Bertz CT molecular complexity index is 821. The fourth-order valence-electron chi connectivity index (χ4n) is 2.33. The molecule has 0 fully saturated rings. The number of sulfonamides is 1. The van der Waals surface area contributed by atoms with E-state index in [0.29, 0.717) is 17.3 Å². The molecule has 0 amide bonds. The maximum absolute atomic E-state index is 12.6. The summed E-state index contributed by atoms with van der Waals surface area (Å²) < 4.78 is 32.4. The van der Waals surface area contributed by atoms with Gasteiger partial charge in [-0.25, -0.2) is 22.9 Å². The number of nitrogens with zero attached hydrogens (tertiary/aromatic N) is 1. The van der Waals surface area contributed by atoms with Gasteiger partial charge in [0.2, 0.25) is 10.0 Å². The first-order chi connectivity index (χ1) is 11.5. The van der Waals surface area contributed by atoms with Crippen LogP contribution >= 0.6 is 0 Å². The Kier molecular flexibility index (Phi) is 6.24. The van der Waals surface area contributed by atoms with Crippen LogP contribution in [0.4, 0.5) is 0 Å². The molecule has 0 atom stereocenters. The SMILES string of the molecule is CCCNCCNS(=O)(=O)c1cccc2c(C(=O)OC)nccc12. The summed E-state index contributed by atoms with van der Waals surface area (Å²) in [5.41, 5.74) is 0.0941. The Morgan fingerprint density at radius 3 is 2.67 bits per heavy atom. The second-order valence-corrected chi connectivity index (χ2v) is 6.89. The second kappa shape index (κ2) is 8.18. The summed E-state index contributed by atoms with van der Waals surface area (Å²) in [7, 11) is -2.43. The summed E-state index contributed by atoms with van der Waals surface area (Å²) in [4.78, 5) is 15.9. The normalized spacial score (nSPS) is 11.6. The highest BCUT2D eigenvalue weighted by Crippen LogP contribution is 2.24. The van der Waals surface area contributed by atoms with E-state index in [0.717, 1.165) is 13.0 Å². The van der Waals surface area contributed by atoms with Crippen molar-refractivity contribution in [2.24, 2.45) is 0 Å². The topological polar surface area (TPSA) is 97.4 Å². The molecule has 0 unspecified atom stereocenters. The highest BCUT2D eigenvalue weighted by atomic mass is 32.2. The summed E-state index contributed by atoms with van der Waals surface area (Å²) in [6, 6.07) is 6.31. The van der Waals surface area contributed by atoms with Crippen LogP contribution in [0.1, 0.15) is 23.8 Å². The van der Waals surface area contributed by atoms with Crippen LogP contribution in [0.5, 0.6) is 0 Å². The van der Waals surface area contributed by atoms with Gasteiger partial charge in [0.05, 0.1) is 12.0 Å². The number of hydrogen-bond acceptors (Lipinski definition) is 6. The number of nitrogens with one attached hydrogen (secondary N) is 2. The lowest BCUT2D eigenvalue weighted by atomic mass is 10.1. The molecule has 0 spiro atoms. The Balaban J connectivity index is 2.33. The molecule has 1 aromatic carbocycles. The minimum atomic E-state index is -3.69. The van der Waals surface area contributed by atoms with Gasteiger partial charge in [0, 0.05) is 30.1 Å². The Hall–Kier alpha value is -2.03. The van der Waals surface area contributed by atoms with Gasteiger partial charge in [-0.2, -0.15) is 0 Å². The lowest BCUT2D eigenvalue weighted by Gasteiger charge is -2.11. The van der Waals surface area contributed by atoms with Crippen molar-refractivity contribution in [2.75, 3.05) is 26.7 Å². The summed E-state index contributed by atoms with van der Waals surface area (Å²) in [6.45, 7) is 3.71. The minimum Gasteiger partial charge on any atom is -0.464 e. The summed E-state index contributed by atoms with van der Waals surface area (Å²) in [5, 5.41) is 4.00. The number of ether oxygens (including phenoxy) is 1. The minimum absolute atomic E-state index is 0.0941. The number of rotatable bonds is 8. The average Bonchev–Trinajstić information content (AvgIpc) is 2.59. The van der Waals surface area contributed by atoms with Crippen LogP contribution in [0, 0.1) is 0 Å². The molecule has 2 aromatic rings. The van der Waals surface area contributed by atoms with Crippen LogP contribution in [0.3, 0.4) is 0 Å². The zero-order valence-corrected chi connectivity index (χ0v) is 14.5. The van der Waals surface area contributed by atoms with Gasteiger partial charge in [0.25, 0.3) is 0 Å². The third-order valence-corrected chi connectivity index (χ3v) is 4.97. The lowest BCUT2D eigenvalue weighted by Crippen LogP contribution is -2.32. The summed E-state index contributed by atoms with van der Waals surface area (Å²) >= 11 is 0. The highest BCUT2D eigenvalue weighted by Gasteiger charge is 2.20. The third-order valence-electron chi connectivity index (χ3n) is 3.45. The van der Waals surface area contributed by atoms with Crippen molar-refractivity contribution in [3.05, 3.63) is 36.2 Å². The molecule has 1 aromatic heterocycles. The van der Waals surface area contributed by atoms with Gasteiger partial charge in [-0.1, -0.05) is 19.1 Å². The molecule has 8 heteroatoms. The molecule has 0 aliphatic carbocycles. The van der Waals surface area contributed by atoms with Crippen molar-refractivity contribution in [3.63, 3.8) is 0 Å². The van der Waals surface area contributed by atoms with E-state index in [1.807, 2.05) is 6.92 Å². The van der Waals surface area contributed by atoms with Crippen LogP contribution in [-0.2, 0) is 14.8 Å². The molecule has 0 saturated carbocycles. The third kappa shape index (κ3) is 4.08. The van der Waals surface area contributed by atoms with Crippen LogP contribution in [-0.4, -0.2) is 46.1 Å². The Morgan fingerprint density at radius 1 is 1.17 bits per heavy atom. The number of esters is 1. The van der Waals surface area contributed by atoms with Crippen LogP contribution in [0.2, 0.25) is 0 Å². The zero-order chi connectivity index (χ0) is 17.6. The number of pyridine rings is 1. The van der Waals surface area contributed by atoms with E-state index in [4.69, 9.17) is 4.74 Å². The molecule has 2 rings (SSSR count). The van der Waals surface area contributed by atoms with E-state index in [2.05, 4.69) is 15.0 Å². The molecule has 130 valence electrons. The van der Waals surface area contributed by atoms with Crippen molar-refractivity contribution in [1.82, 2.24) is 15.0 Å². The first kappa shape index (κ1) is 18.3. The summed E-state index contributed by atoms with van der Waals surface area (Å²) in [6.07, 6.45) is 2.38. The van der Waals surface area contributed by atoms with Crippen molar-refractivity contribution in [1.29, 1.82) is 0 Å². The van der Waals surface area contributed by atoms with E-state index < -0.39 is 16.0 Å². The van der Waals surface area contributed by atoms with E-state index in [1.54, 1.807) is 18.2 Å². The van der Waals surface area contributed by atoms with E-state index in [1.165, 1.54) is 19.4 Å². The van der Waals surface area contributed by atoms with Gasteiger partial charge >= 0.3 is 5.97 Å². The Morgan fingerprint density at radius 2 is 1.96 bits per heavy atom. The molecule has 0 aliphatic heterocycles. The van der Waals surface area contributed by atoms with Gasteiger partial charge in [0.15, 0.2) is 5.69 Å². The molecule has 24 heavy (non-hydrogen) atoms. The molecule has 0 saturated heterocycles. The van der Waals surface area contributed by atoms with Crippen molar-refractivity contribution in [3.8, 4) is 0 Å². The van der Waals surface area contributed by atoms with Crippen LogP contribution < -0.4 is 10.0 Å². The van der Waals surface area contributed by atoms with E-state index >= 15 is 0 Å². The molecular formula is C16H21N3O4S. The number of aromatic nitrogens is 1. The fraction of sp³-hybridized carbons (Fsp3) is 0.375. The standard InChI is InChI=1S/C16H21N3O4S/c1-3-8-17-10-11-19-24(21,22)14-6-4-5-13-12(14)7-9-18-15(13)16(20)23-2/h4-7,9,17,19H,3,8,10-11H2,1-2H3. The first-order valence-electron chi connectivity index (χ1n) is 7.67. The van der Waals surface area contributed by atoms with Gasteiger partial charge in [-0.05, 0) is 25.1 Å². The van der Waals surface area contributed by atoms with Crippen molar-refractivity contribution < 1.29 is 17.9 Å². The number of carbonyl (C=O) groups excluding carboxylic acids is 1. The quantitative estimate of drug-likeness (QED) is 0.550. The predicted molar refractivity (Wildman–Crippen MR) is 91.4 cm³/mol.